The molecule has 0 unspecified atom stereocenters. The van der Waals surface area contributed by atoms with Gasteiger partial charge in [0.25, 0.3) is 0 Å². The third-order valence-corrected chi connectivity index (χ3v) is 4.36. The number of ether oxygens (including phenoxy) is 1. The number of hydrogen-bond acceptors (Lipinski definition) is 4. The van der Waals surface area contributed by atoms with E-state index in [0.717, 1.165) is 12.1 Å². The van der Waals surface area contributed by atoms with E-state index in [0.29, 0.717) is 18.0 Å². The standard InChI is InChI=1S/C20H23N3O3/c1-22(13-19(24)21-16-7-5-8-17(12-16)26-2)14-20(25)23-11-10-15-6-3-4-9-18(15)23/h3-9,12H,10-11,13-14H2,1-2H3,(H,21,24). The minimum absolute atomic E-state index is 0.00614. The Labute approximate surface area is 153 Å². The predicted molar refractivity (Wildman–Crippen MR) is 102 cm³/mol. The molecule has 6 nitrogen and oxygen atoms in total. The summed E-state index contributed by atoms with van der Waals surface area (Å²) >= 11 is 0. The van der Waals surface area contributed by atoms with Gasteiger partial charge in [0.2, 0.25) is 11.8 Å². The van der Waals surface area contributed by atoms with Gasteiger partial charge in [0.05, 0.1) is 20.2 Å². The molecule has 0 fully saturated rings. The summed E-state index contributed by atoms with van der Waals surface area (Å²) in [6, 6.07) is 15.1. The van der Waals surface area contributed by atoms with Crippen molar-refractivity contribution in [3.63, 3.8) is 0 Å². The van der Waals surface area contributed by atoms with Crippen molar-refractivity contribution in [3.8, 4) is 5.75 Å². The van der Waals surface area contributed by atoms with E-state index in [1.165, 1.54) is 5.56 Å². The summed E-state index contributed by atoms with van der Waals surface area (Å²) in [5.41, 5.74) is 2.84. The smallest absolute Gasteiger partial charge is 0.241 e. The van der Waals surface area contributed by atoms with Gasteiger partial charge in [-0.2, -0.15) is 0 Å². The van der Waals surface area contributed by atoms with Gasteiger partial charge in [-0.25, -0.2) is 0 Å². The van der Waals surface area contributed by atoms with E-state index in [4.69, 9.17) is 4.74 Å². The van der Waals surface area contributed by atoms with E-state index in [9.17, 15) is 9.59 Å². The van der Waals surface area contributed by atoms with Gasteiger partial charge in [-0.3, -0.25) is 14.5 Å². The molecule has 0 spiro atoms. The summed E-state index contributed by atoms with van der Waals surface area (Å²) in [6.45, 7) is 1.03. The van der Waals surface area contributed by atoms with Crippen molar-refractivity contribution in [1.29, 1.82) is 0 Å². The summed E-state index contributed by atoms with van der Waals surface area (Å²) in [5.74, 6) is 0.515. The van der Waals surface area contributed by atoms with Crippen LogP contribution < -0.4 is 15.0 Å². The van der Waals surface area contributed by atoms with Crippen molar-refractivity contribution in [1.82, 2.24) is 4.90 Å². The Hall–Kier alpha value is -2.86. The van der Waals surface area contributed by atoms with Crippen molar-refractivity contribution < 1.29 is 14.3 Å². The van der Waals surface area contributed by atoms with Crippen LogP contribution in [0.4, 0.5) is 11.4 Å². The molecule has 0 saturated heterocycles. The first-order chi connectivity index (χ1) is 12.6. The minimum atomic E-state index is -0.171. The van der Waals surface area contributed by atoms with E-state index in [1.807, 2.05) is 36.4 Å². The van der Waals surface area contributed by atoms with Crippen molar-refractivity contribution in [2.45, 2.75) is 6.42 Å². The molecule has 2 aromatic carbocycles. The van der Waals surface area contributed by atoms with Crippen LogP contribution in [0.2, 0.25) is 0 Å². The number of hydrogen-bond donors (Lipinski definition) is 1. The van der Waals surface area contributed by atoms with Crippen molar-refractivity contribution in [2.24, 2.45) is 0 Å². The zero-order valence-electron chi connectivity index (χ0n) is 15.1. The molecule has 0 atom stereocenters. The summed E-state index contributed by atoms with van der Waals surface area (Å²) < 4.78 is 5.14. The second kappa shape index (κ2) is 8.01. The molecule has 0 saturated carbocycles. The highest BCUT2D eigenvalue weighted by molar-refractivity contribution is 5.97. The van der Waals surface area contributed by atoms with E-state index >= 15 is 0 Å². The first-order valence-corrected chi connectivity index (χ1v) is 8.57. The Bertz CT molecular complexity index is 806. The Morgan fingerprint density at radius 2 is 1.96 bits per heavy atom. The van der Waals surface area contributed by atoms with E-state index in [2.05, 4.69) is 5.32 Å². The van der Waals surface area contributed by atoms with Crippen LogP contribution in [0.1, 0.15) is 5.56 Å². The van der Waals surface area contributed by atoms with Crippen LogP contribution in [0.25, 0.3) is 0 Å². The first-order valence-electron chi connectivity index (χ1n) is 8.57. The normalized spacial score (nSPS) is 12.8. The third kappa shape index (κ3) is 4.21. The average Bonchev–Trinajstić information content (AvgIpc) is 3.05. The highest BCUT2D eigenvalue weighted by Crippen LogP contribution is 2.27. The third-order valence-electron chi connectivity index (χ3n) is 4.36. The largest absolute Gasteiger partial charge is 0.497 e. The summed E-state index contributed by atoms with van der Waals surface area (Å²) in [7, 11) is 3.35. The first kappa shape index (κ1) is 17.9. The number of nitrogens with zero attached hydrogens (tertiary/aromatic N) is 2. The zero-order valence-corrected chi connectivity index (χ0v) is 15.1. The molecule has 1 aliphatic heterocycles. The lowest BCUT2D eigenvalue weighted by Gasteiger charge is -2.21. The van der Waals surface area contributed by atoms with Gasteiger partial charge < -0.3 is 15.0 Å². The number of amides is 2. The molecule has 0 radical (unpaired) electrons. The molecule has 0 aliphatic carbocycles. The molecule has 0 bridgehead atoms. The second-order valence-electron chi connectivity index (χ2n) is 6.38. The summed E-state index contributed by atoms with van der Waals surface area (Å²) in [6.07, 6.45) is 0.877. The van der Waals surface area contributed by atoms with Crippen molar-refractivity contribution in [2.75, 3.05) is 44.0 Å². The Morgan fingerprint density at radius 3 is 2.77 bits per heavy atom. The highest BCUT2D eigenvalue weighted by atomic mass is 16.5. The van der Waals surface area contributed by atoms with E-state index < -0.39 is 0 Å². The number of carbonyl (C=O) groups excluding carboxylic acids is 2. The Morgan fingerprint density at radius 1 is 1.15 bits per heavy atom. The number of para-hydroxylation sites is 1. The summed E-state index contributed by atoms with van der Waals surface area (Å²) in [4.78, 5) is 28.3. The van der Waals surface area contributed by atoms with Gasteiger partial charge in [-0.1, -0.05) is 24.3 Å². The fourth-order valence-corrected chi connectivity index (χ4v) is 3.12. The van der Waals surface area contributed by atoms with Crippen molar-refractivity contribution in [3.05, 3.63) is 54.1 Å². The van der Waals surface area contributed by atoms with Gasteiger partial charge >= 0.3 is 0 Å². The molecule has 2 aromatic rings. The second-order valence-corrected chi connectivity index (χ2v) is 6.38. The lowest BCUT2D eigenvalue weighted by Crippen LogP contribution is -2.40. The number of nitrogens with one attached hydrogen (secondary N) is 1. The maximum absolute atomic E-state index is 12.6. The fourth-order valence-electron chi connectivity index (χ4n) is 3.12. The number of benzene rings is 2. The number of anilines is 2. The molecule has 2 amide bonds. The van der Waals surface area contributed by atoms with Gasteiger partial charge in [-0.15, -0.1) is 0 Å². The maximum Gasteiger partial charge on any atom is 0.241 e. The molecule has 1 aliphatic rings. The number of methoxy groups -OCH3 is 1. The Kier molecular flexibility index (Phi) is 5.53. The molecule has 1 N–H and O–H groups in total. The number of carbonyl (C=O) groups is 2. The van der Waals surface area contributed by atoms with Crippen molar-refractivity contribution >= 4 is 23.2 Å². The van der Waals surface area contributed by atoms with E-state index in [-0.39, 0.29) is 24.9 Å². The van der Waals surface area contributed by atoms with E-state index in [1.54, 1.807) is 36.1 Å². The topological polar surface area (TPSA) is 61.9 Å². The molecular weight excluding hydrogens is 330 g/mol. The number of rotatable bonds is 6. The van der Waals surface area contributed by atoms with Crippen LogP contribution in [0.15, 0.2) is 48.5 Å². The van der Waals surface area contributed by atoms with Crippen LogP contribution in [0.3, 0.4) is 0 Å². The molecule has 26 heavy (non-hydrogen) atoms. The molecule has 3 rings (SSSR count). The SMILES string of the molecule is COc1cccc(NC(=O)CN(C)CC(=O)N2CCc3ccccc32)c1. The zero-order chi connectivity index (χ0) is 18.5. The number of likely N-dealkylation sites (N-methyl/N-ethyl adjacent to an activating group) is 1. The van der Waals surface area contributed by atoms with Crippen LogP contribution in [-0.2, 0) is 16.0 Å². The summed E-state index contributed by atoms with van der Waals surface area (Å²) in [5, 5.41) is 2.82. The minimum Gasteiger partial charge on any atom is -0.497 e. The fraction of sp³-hybridized carbons (Fsp3) is 0.300. The lowest BCUT2D eigenvalue weighted by atomic mass is 10.2. The predicted octanol–water partition coefficient (Wildman–Crippen LogP) is 2.15. The maximum atomic E-state index is 12.6. The average molecular weight is 353 g/mol. The number of fused-ring (bicyclic) bond motifs is 1. The molecule has 136 valence electrons. The lowest BCUT2D eigenvalue weighted by molar-refractivity contribution is -0.120. The molecule has 0 aromatic heterocycles. The monoisotopic (exact) mass is 353 g/mol. The quantitative estimate of drug-likeness (QED) is 0.864. The van der Waals surface area contributed by atoms with Gasteiger partial charge in [-0.05, 0) is 37.2 Å². The molecule has 1 heterocycles. The van der Waals surface area contributed by atoms with Crippen LogP contribution >= 0.6 is 0 Å². The van der Waals surface area contributed by atoms with Crippen LogP contribution in [0.5, 0.6) is 5.75 Å². The highest BCUT2D eigenvalue weighted by Gasteiger charge is 2.25. The van der Waals surface area contributed by atoms with Gasteiger partial charge in [0, 0.05) is 24.0 Å². The molecule has 6 heteroatoms. The molecular formula is C20H23N3O3. The van der Waals surface area contributed by atoms with Gasteiger partial charge in [0.15, 0.2) is 0 Å². The Balaban J connectivity index is 1.53. The van der Waals surface area contributed by atoms with Crippen LogP contribution in [0, 0.1) is 0 Å². The van der Waals surface area contributed by atoms with Crippen LogP contribution in [-0.4, -0.2) is 50.5 Å². The van der Waals surface area contributed by atoms with Gasteiger partial charge in [0.1, 0.15) is 5.75 Å².